The van der Waals surface area contributed by atoms with E-state index in [4.69, 9.17) is 5.73 Å². The highest BCUT2D eigenvalue weighted by atomic mass is 16.5. The van der Waals surface area contributed by atoms with Crippen LogP contribution >= 0.6 is 0 Å². The molecule has 0 heterocycles. The van der Waals surface area contributed by atoms with Gasteiger partial charge in [0.15, 0.2) is 0 Å². The van der Waals surface area contributed by atoms with E-state index in [1.807, 2.05) is 6.08 Å². The van der Waals surface area contributed by atoms with Crippen LogP contribution in [-0.4, -0.2) is 19.6 Å². The van der Waals surface area contributed by atoms with E-state index in [1.54, 1.807) is 6.08 Å². The normalized spacial score (nSPS) is 15.8. The Kier molecular flexibility index (Phi) is 2.44. The van der Waals surface area contributed by atoms with Gasteiger partial charge in [0.05, 0.1) is 7.11 Å². The summed E-state index contributed by atoms with van der Waals surface area (Å²) >= 11 is 0. The molecule has 0 unspecified atom stereocenters. The maximum Gasteiger partial charge on any atom is 0.334 e. The monoisotopic (exact) mass is 153 g/mol. The van der Waals surface area contributed by atoms with Crippen LogP contribution in [0.15, 0.2) is 23.3 Å². The van der Waals surface area contributed by atoms with Crippen LogP contribution in [0.5, 0.6) is 0 Å². The van der Waals surface area contributed by atoms with Crippen molar-refractivity contribution < 1.29 is 9.53 Å². The fraction of sp³-hybridized carbons (Fsp3) is 0.375. The zero-order valence-electron chi connectivity index (χ0n) is 6.46. The van der Waals surface area contributed by atoms with E-state index in [-0.39, 0.29) is 5.97 Å². The molecule has 0 fully saturated rings. The molecule has 3 nitrogen and oxygen atoms in total. The number of hydrogen-bond donors (Lipinski definition) is 1. The van der Waals surface area contributed by atoms with E-state index in [1.165, 1.54) is 7.11 Å². The lowest BCUT2D eigenvalue weighted by Crippen LogP contribution is -2.06. The average Bonchev–Trinajstić information content (AvgIpc) is 2.50. The lowest BCUT2D eigenvalue weighted by Gasteiger charge is -1.99. The van der Waals surface area contributed by atoms with Crippen molar-refractivity contribution in [3.63, 3.8) is 0 Å². The number of allylic oxidation sites excluding steroid dienone is 2. The number of ether oxygens (including phenoxy) is 1. The van der Waals surface area contributed by atoms with Crippen molar-refractivity contribution in [2.75, 3.05) is 13.7 Å². The highest BCUT2D eigenvalue weighted by Gasteiger charge is 2.14. The first kappa shape index (κ1) is 8.01. The third kappa shape index (κ3) is 1.68. The fourth-order valence-electron chi connectivity index (χ4n) is 0.992. The standard InChI is InChI=1S/C8H11NO2/c1-11-8(10)7-3-2-6(4-7)5-9/h2-3H,4-5,9H2,1H3. The summed E-state index contributed by atoms with van der Waals surface area (Å²) in [5, 5.41) is 0. The Bertz CT molecular complexity index is 228. The summed E-state index contributed by atoms with van der Waals surface area (Å²) in [6.07, 6.45) is 4.27. The number of carbonyl (C=O) groups is 1. The molecule has 11 heavy (non-hydrogen) atoms. The molecule has 0 saturated heterocycles. The lowest BCUT2D eigenvalue weighted by atomic mass is 10.1. The summed E-state index contributed by atoms with van der Waals surface area (Å²) in [6, 6.07) is 0. The molecule has 60 valence electrons. The van der Waals surface area contributed by atoms with E-state index in [0.29, 0.717) is 18.5 Å². The van der Waals surface area contributed by atoms with Crippen molar-refractivity contribution in [3.8, 4) is 0 Å². The molecule has 2 N–H and O–H groups in total. The summed E-state index contributed by atoms with van der Waals surface area (Å²) in [7, 11) is 1.38. The molecule has 0 atom stereocenters. The van der Waals surface area contributed by atoms with Crippen molar-refractivity contribution in [1.82, 2.24) is 0 Å². The van der Waals surface area contributed by atoms with Crippen LogP contribution in [0, 0.1) is 0 Å². The lowest BCUT2D eigenvalue weighted by molar-refractivity contribution is -0.136. The van der Waals surface area contributed by atoms with E-state index < -0.39 is 0 Å². The van der Waals surface area contributed by atoms with Gasteiger partial charge in [-0.3, -0.25) is 0 Å². The molecule has 0 amide bonds. The molecule has 1 aliphatic rings. The van der Waals surface area contributed by atoms with Crippen LogP contribution in [0.3, 0.4) is 0 Å². The van der Waals surface area contributed by atoms with E-state index in [0.717, 1.165) is 5.57 Å². The van der Waals surface area contributed by atoms with E-state index in [9.17, 15) is 4.79 Å². The zero-order chi connectivity index (χ0) is 8.27. The van der Waals surface area contributed by atoms with Crippen LogP contribution in [0.1, 0.15) is 6.42 Å². The fourth-order valence-corrected chi connectivity index (χ4v) is 0.992. The molecule has 0 spiro atoms. The van der Waals surface area contributed by atoms with Crippen LogP contribution in [0.2, 0.25) is 0 Å². The minimum absolute atomic E-state index is 0.260. The first-order chi connectivity index (χ1) is 5.27. The Labute approximate surface area is 65.5 Å². The number of esters is 1. The van der Waals surface area contributed by atoms with Gasteiger partial charge in [0, 0.05) is 18.5 Å². The van der Waals surface area contributed by atoms with Crippen molar-refractivity contribution >= 4 is 5.97 Å². The van der Waals surface area contributed by atoms with Gasteiger partial charge in [0.1, 0.15) is 0 Å². The molecule has 0 aromatic rings. The van der Waals surface area contributed by atoms with Crippen molar-refractivity contribution in [2.45, 2.75) is 6.42 Å². The van der Waals surface area contributed by atoms with Gasteiger partial charge in [-0.25, -0.2) is 4.79 Å². The van der Waals surface area contributed by atoms with Gasteiger partial charge in [-0.15, -0.1) is 0 Å². The summed E-state index contributed by atoms with van der Waals surface area (Å²) in [5.74, 6) is -0.260. The smallest absolute Gasteiger partial charge is 0.334 e. The maximum atomic E-state index is 10.9. The minimum atomic E-state index is -0.260. The van der Waals surface area contributed by atoms with Crippen molar-refractivity contribution in [3.05, 3.63) is 23.3 Å². The first-order valence-electron chi connectivity index (χ1n) is 3.45. The summed E-state index contributed by atoms with van der Waals surface area (Å²) in [5.41, 5.74) is 7.15. The second-order valence-corrected chi connectivity index (χ2v) is 2.39. The third-order valence-electron chi connectivity index (χ3n) is 1.65. The highest BCUT2D eigenvalue weighted by Crippen LogP contribution is 2.18. The molecule has 0 saturated carbocycles. The molecular weight excluding hydrogens is 142 g/mol. The van der Waals surface area contributed by atoms with Crippen molar-refractivity contribution in [2.24, 2.45) is 5.73 Å². The molecule has 0 aromatic heterocycles. The van der Waals surface area contributed by atoms with Crippen LogP contribution in [0.25, 0.3) is 0 Å². The predicted octanol–water partition coefficient (Wildman–Crippen LogP) is 0.375. The molecule has 0 aliphatic heterocycles. The molecule has 1 aliphatic carbocycles. The van der Waals surface area contributed by atoms with Gasteiger partial charge in [0.2, 0.25) is 0 Å². The Hall–Kier alpha value is -1.09. The summed E-state index contributed by atoms with van der Waals surface area (Å²) in [6.45, 7) is 0.511. The molecular formula is C8H11NO2. The SMILES string of the molecule is COC(=O)C1=CC=C(CN)C1. The Morgan fingerprint density at radius 1 is 1.73 bits per heavy atom. The maximum absolute atomic E-state index is 10.9. The van der Waals surface area contributed by atoms with Crippen LogP contribution in [0.4, 0.5) is 0 Å². The Morgan fingerprint density at radius 2 is 2.45 bits per heavy atom. The number of hydrogen-bond acceptors (Lipinski definition) is 3. The van der Waals surface area contributed by atoms with Gasteiger partial charge in [-0.2, -0.15) is 0 Å². The molecule has 1 rings (SSSR count). The van der Waals surface area contributed by atoms with Gasteiger partial charge >= 0.3 is 5.97 Å². The number of rotatable bonds is 2. The second-order valence-electron chi connectivity index (χ2n) is 2.39. The topological polar surface area (TPSA) is 52.3 Å². The summed E-state index contributed by atoms with van der Waals surface area (Å²) < 4.78 is 4.55. The average molecular weight is 153 g/mol. The van der Waals surface area contributed by atoms with E-state index in [2.05, 4.69) is 4.74 Å². The highest BCUT2D eigenvalue weighted by molar-refractivity contribution is 5.90. The Morgan fingerprint density at radius 3 is 2.91 bits per heavy atom. The third-order valence-corrected chi connectivity index (χ3v) is 1.65. The predicted molar refractivity (Wildman–Crippen MR) is 41.9 cm³/mol. The Balaban J connectivity index is 2.52. The van der Waals surface area contributed by atoms with Gasteiger partial charge < -0.3 is 10.5 Å². The summed E-state index contributed by atoms with van der Waals surface area (Å²) in [4.78, 5) is 10.9. The molecule has 0 bridgehead atoms. The first-order valence-corrected chi connectivity index (χ1v) is 3.45. The molecule has 0 aromatic carbocycles. The van der Waals surface area contributed by atoms with Gasteiger partial charge in [-0.1, -0.05) is 17.7 Å². The number of methoxy groups -OCH3 is 1. The number of nitrogens with two attached hydrogens (primary N) is 1. The second kappa shape index (κ2) is 3.34. The van der Waals surface area contributed by atoms with Gasteiger partial charge in [-0.05, 0) is 0 Å². The quantitative estimate of drug-likeness (QED) is 0.583. The van der Waals surface area contributed by atoms with Gasteiger partial charge in [0.25, 0.3) is 0 Å². The van der Waals surface area contributed by atoms with Crippen LogP contribution in [-0.2, 0) is 9.53 Å². The van der Waals surface area contributed by atoms with Crippen molar-refractivity contribution in [1.29, 1.82) is 0 Å². The largest absolute Gasteiger partial charge is 0.466 e. The zero-order valence-corrected chi connectivity index (χ0v) is 6.46. The minimum Gasteiger partial charge on any atom is -0.466 e. The molecule has 0 radical (unpaired) electrons. The van der Waals surface area contributed by atoms with E-state index >= 15 is 0 Å². The number of carbonyl (C=O) groups excluding carboxylic acids is 1. The van der Waals surface area contributed by atoms with Crippen LogP contribution < -0.4 is 5.73 Å². The molecule has 3 heteroatoms.